The van der Waals surface area contributed by atoms with Crippen molar-refractivity contribution in [3.05, 3.63) is 82.1 Å². The van der Waals surface area contributed by atoms with Crippen molar-refractivity contribution in [1.82, 2.24) is 15.1 Å². The van der Waals surface area contributed by atoms with Gasteiger partial charge in [-0.15, -0.1) is 0 Å². The third kappa shape index (κ3) is 4.95. The molecular weight excluding hydrogens is 394 g/mol. The molecule has 5 nitrogen and oxygen atoms in total. The highest BCUT2D eigenvalue weighted by Gasteiger charge is 2.07. The van der Waals surface area contributed by atoms with Gasteiger partial charge in [0.05, 0.1) is 6.20 Å². The molecule has 0 fully saturated rings. The van der Waals surface area contributed by atoms with E-state index in [1.807, 2.05) is 60.3 Å². The highest BCUT2D eigenvalue weighted by molar-refractivity contribution is 9.10. The Morgan fingerprint density at radius 2 is 2.00 bits per heavy atom. The Labute approximate surface area is 161 Å². The molecule has 0 aliphatic rings. The molecule has 0 unspecified atom stereocenters. The van der Waals surface area contributed by atoms with Gasteiger partial charge in [-0.3, -0.25) is 9.48 Å². The van der Waals surface area contributed by atoms with Gasteiger partial charge in [-0.1, -0.05) is 28.1 Å². The summed E-state index contributed by atoms with van der Waals surface area (Å²) in [5.74, 6) is 0.677. The quantitative estimate of drug-likeness (QED) is 0.631. The van der Waals surface area contributed by atoms with Gasteiger partial charge in [0.2, 0.25) is 0 Å². The van der Waals surface area contributed by atoms with Crippen molar-refractivity contribution >= 4 is 21.8 Å². The highest BCUT2D eigenvalue weighted by Crippen LogP contribution is 2.17. The van der Waals surface area contributed by atoms with Crippen molar-refractivity contribution in [2.75, 3.05) is 0 Å². The zero-order valence-electron chi connectivity index (χ0n) is 14.5. The molecule has 0 aliphatic carbocycles. The van der Waals surface area contributed by atoms with E-state index in [2.05, 4.69) is 26.3 Å². The SMILES string of the molecule is CCn1cc(CNC(=O)c2cccc(COc3ccc(Br)cc3)c2)cn1. The van der Waals surface area contributed by atoms with E-state index < -0.39 is 0 Å². The van der Waals surface area contributed by atoms with Crippen LogP contribution in [-0.4, -0.2) is 15.7 Å². The number of aromatic nitrogens is 2. The summed E-state index contributed by atoms with van der Waals surface area (Å²) in [4.78, 5) is 12.4. The predicted molar refractivity (Wildman–Crippen MR) is 104 cm³/mol. The molecule has 1 heterocycles. The van der Waals surface area contributed by atoms with Crippen LogP contribution in [0.2, 0.25) is 0 Å². The second-order valence-corrected chi connectivity index (χ2v) is 6.75. The number of carbonyl (C=O) groups excluding carboxylic acids is 1. The molecule has 0 spiro atoms. The van der Waals surface area contributed by atoms with Gasteiger partial charge in [-0.2, -0.15) is 5.10 Å². The lowest BCUT2D eigenvalue weighted by atomic mass is 10.1. The summed E-state index contributed by atoms with van der Waals surface area (Å²) in [5, 5.41) is 7.13. The number of nitrogens with one attached hydrogen (secondary N) is 1. The van der Waals surface area contributed by atoms with Crippen LogP contribution in [0.3, 0.4) is 0 Å². The van der Waals surface area contributed by atoms with E-state index in [0.29, 0.717) is 18.7 Å². The number of halogens is 1. The van der Waals surface area contributed by atoms with Gasteiger partial charge in [0.1, 0.15) is 12.4 Å². The molecule has 1 aromatic heterocycles. The molecular formula is C20H20BrN3O2. The zero-order chi connectivity index (χ0) is 18.4. The first-order valence-corrected chi connectivity index (χ1v) is 9.20. The van der Waals surface area contributed by atoms with Gasteiger partial charge in [0, 0.05) is 34.9 Å². The van der Waals surface area contributed by atoms with Gasteiger partial charge >= 0.3 is 0 Å². The van der Waals surface area contributed by atoms with Crippen molar-refractivity contribution in [3.8, 4) is 5.75 Å². The molecule has 3 aromatic rings. The van der Waals surface area contributed by atoms with E-state index in [-0.39, 0.29) is 5.91 Å². The third-order valence-electron chi connectivity index (χ3n) is 3.87. The van der Waals surface area contributed by atoms with E-state index in [1.165, 1.54) is 0 Å². The summed E-state index contributed by atoms with van der Waals surface area (Å²) >= 11 is 3.40. The molecule has 0 saturated heterocycles. The Morgan fingerprint density at radius 3 is 2.73 bits per heavy atom. The van der Waals surface area contributed by atoms with Crippen LogP contribution in [0.25, 0.3) is 0 Å². The Bertz CT molecular complexity index is 875. The Hall–Kier alpha value is -2.60. The first kappa shape index (κ1) is 18.2. The maximum absolute atomic E-state index is 12.4. The Kier molecular flexibility index (Phi) is 6.07. The summed E-state index contributed by atoms with van der Waals surface area (Å²) in [6.07, 6.45) is 3.70. The van der Waals surface area contributed by atoms with E-state index >= 15 is 0 Å². The van der Waals surface area contributed by atoms with E-state index in [1.54, 1.807) is 12.3 Å². The van der Waals surface area contributed by atoms with Crippen LogP contribution in [0.5, 0.6) is 5.75 Å². The van der Waals surface area contributed by atoms with Crippen LogP contribution in [0.4, 0.5) is 0 Å². The lowest BCUT2D eigenvalue weighted by Gasteiger charge is -2.08. The number of aryl methyl sites for hydroxylation is 1. The summed E-state index contributed by atoms with van der Waals surface area (Å²) < 4.78 is 8.60. The van der Waals surface area contributed by atoms with Crippen LogP contribution >= 0.6 is 15.9 Å². The molecule has 26 heavy (non-hydrogen) atoms. The lowest BCUT2D eigenvalue weighted by molar-refractivity contribution is 0.0950. The largest absolute Gasteiger partial charge is 0.489 e. The van der Waals surface area contributed by atoms with Crippen LogP contribution in [0.1, 0.15) is 28.4 Å². The molecule has 3 rings (SSSR count). The standard InChI is InChI=1S/C20H20BrN3O2/c1-2-24-13-16(12-23-24)11-22-20(25)17-5-3-4-15(10-17)14-26-19-8-6-18(21)7-9-19/h3-10,12-13H,2,11,14H2,1H3,(H,22,25). The minimum Gasteiger partial charge on any atom is -0.489 e. The van der Waals surface area contributed by atoms with Crippen LogP contribution in [0, 0.1) is 0 Å². The van der Waals surface area contributed by atoms with Crippen molar-refractivity contribution in [3.63, 3.8) is 0 Å². The first-order valence-electron chi connectivity index (χ1n) is 8.41. The van der Waals surface area contributed by atoms with E-state index in [0.717, 1.165) is 27.9 Å². The highest BCUT2D eigenvalue weighted by atomic mass is 79.9. The number of nitrogens with zero attached hydrogens (tertiary/aromatic N) is 2. The van der Waals surface area contributed by atoms with Crippen LogP contribution < -0.4 is 10.1 Å². The monoisotopic (exact) mass is 413 g/mol. The fourth-order valence-electron chi connectivity index (χ4n) is 2.45. The number of carbonyl (C=O) groups is 1. The number of rotatable bonds is 7. The molecule has 0 aliphatic heterocycles. The molecule has 134 valence electrons. The summed E-state index contributed by atoms with van der Waals surface area (Å²) in [7, 11) is 0. The topological polar surface area (TPSA) is 56.2 Å². The average Bonchev–Trinajstić information content (AvgIpc) is 3.14. The number of hydrogen-bond donors (Lipinski definition) is 1. The van der Waals surface area contributed by atoms with Gasteiger partial charge in [-0.25, -0.2) is 0 Å². The minimum absolute atomic E-state index is 0.111. The van der Waals surface area contributed by atoms with Gasteiger partial charge in [0.15, 0.2) is 0 Å². The summed E-state index contributed by atoms with van der Waals surface area (Å²) in [5.41, 5.74) is 2.54. The fourth-order valence-corrected chi connectivity index (χ4v) is 2.72. The molecule has 1 amide bonds. The molecule has 0 atom stereocenters. The summed E-state index contributed by atoms with van der Waals surface area (Å²) in [6, 6.07) is 15.1. The molecule has 0 radical (unpaired) electrons. The third-order valence-corrected chi connectivity index (χ3v) is 4.40. The maximum atomic E-state index is 12.4. The smallest absolute Gasteiger partial charge is 0.251 e. The molecule has 0 bridgehead atoms. The molecule has 1 N–H and O–H groups in total. The maximum Gasteiger partial charge on any atom is 0.251 e. The number of hydrogen-bond acceptors (Lipinski definition) is 3. The number of ether oxygens (including phenoxy) is 1. The number of benzene rings is 2. The average molecular weight is 414 g/mol. The van der Waals surface area contributed by atoms with Crippen molar-refractivity contribution < 1.29 is 9.53 Å². The second-order valence-electron chi connectivity index (χ2n) is 5.83. The second kappa shape index (κ2) is 8.67. The minimum atomic E-state index is -0.111. The summed E-state index contributed by atoms with van der Waals surface area (Å²) in [6.45, 7) is 3.70. The van der Waals surface area contributed by atoms with Gasteiger partial charge in [-0.05, 0) is 48.9 Å². The van der Waals surface area contributed by atoms with Gasteiger partial charge in [0.25, 0.3) is 5.91 Å². The predicted octanol–water partition coefficient (Wildman–Crippen LogP) is 4.17. The van der Waals surface area contributed by atoms with Crippen LogP contribution in [-0.2, 0) is 19.7 Å². The van der Waals surface area contributed by atoms with E-state index in [4.69, 9.17) is 4.74 Å². The molecule has 6 heteroatoms. The van der Waals surface area contributed by atoms with Crippen molar-refractivity contribution in [1.29, 1.82) is 0 Å². The molecule has 0 saturated carbocycles. The van der Waals surface area contributed by atoms with Crippen LogP contribution in [0.15, 0.2) is 65.4 Å². The lowest BCUT2D eigenvalue weighted by Crippen LogP contribution is -2.22. The Balaban J connectivity index is 1.57. The van der Waals surface area contributed by atoms with Crippen molar-refractivity contribution in [2.24, 2.45) is 0 Å². The number of amides is 1. The first-order chi connectivity index (χ1) is 12.6. The van der Waals surface area contributed by atoms with E-state index in [9.17, 15) is 4.79 Å². The fraction of sp³-hybridized carbons (Fsp3) is 0.200. The van der Waals surface area contributed by atoms with Crippen molar-refractivity contribution in [2.45, 2.75) is 26.6 Å². The Morgan fingerprint density at radius 1 is 1.19 bits per heavy atom. The normalized spacial score (nSPS) is 10.5. The zero-order valence-corrected chi connectivity index (χ0v) is 16.1. The molecule has 2 aromatic carbocycles. The van der Waals surface area contributed by atoms with Gasteiger partial charge < -0.3 is 10.1 Å².